The summed E-state index contributed by atoms with van der Waals surface area (Å²) in [4.78, 5) is 23.8. The third kappa shape index (κ3) is 2.32. The monoisotopic (exact) mass is 350 g/mol. The van der Waals surface area contributed by atoms with Crippen molar-refractivity contribution in [2.24, 2.45) is 0 Å². The number of rotatable bonds is 2. The largest absolute Gasteiger partial charge is 0.389 e. The summed E-state index contributed by atoms with van der Waals surface area (Å²) in [6.07, 6.45) is 3.63. The van der Waals surface area contributed by atoms with Gasteiger partial charge in [0.25, 0.3) is 5.91 Å². The molecule has 26 heavy (non-hydrogen) atoms. The molecule has 6 heteroatoms. The maximum atomic E-state index is 12.0. The molecule has 1 fully saturated rings. The Bertz CT molecular complexity index is 911. The molecule has 2 aromatic rings. The van der Waals surface area contributed by atoms with Gasteiger partial charge in [-0.25, -0.2) is 9.97 Å². The summed E-state index contributed by atoms with van der Waals surface area (Å²) in [5.41, 5.74) is 6.28. The van der Waals surface area contributed by atoms with E-state index in [-0.39, 0.29) is 18.1 Å². The molecule has 5 rings (SSSR count). The molecule has 0 saturated carbocycles. The maximum absolute atomic E-state index is 12.0. The van der Waals surface area contributed by atoms with E-state index in [1.165, 1.54) is 5.56 Å². The zero-order valence-corrected chi connectivity index (χ0v) is 14.8. The van der Waals surface area contributed by atoms with Crippen LogP contribution in [0.4, 0.5) is 5.95 Å². The highest BCUT2D eigenvalue weighted by Gasteiger charge is 2.36. The number of aliphatic hydroxyl groups is 1. The van der Waals surface area contributed by atoms with E-state index in [0.717, 1.165) is 53.8 Å². The molecule has 2 atom stereocenters. The topological polar surface area (TPSA) is 78.4 Å². The second-order valence-electron chi connectivity index (χ2n) is 7.49. The van der Waals surface area contributed by atoms with Gasteiger partial charge in [0.15, 0.2) is 0 Å². The average Bonchev–Trinajstić information content (AvgIpc) is 3.13. The predicted molar refractivity (Wildman–Crippen MR) is 98.3 cm³/mol. The molecule has 6 nitrogen and oxygen atoms in total. The first-order chi connectivity index (χ1) is 12.6. The highest BCUT2D eigenvalue weighted by molar-refractivity contribution is 5.97. The lowest BCUT2D eigenvalue weighted by Crippen LogP contribution is -2.59. The number of nitrogens with one attached hydrogen (secondary N) is 1. The predicted octanol–water partition coefficient (Wildman–Crippen LogP) is 1.49. The first-order valence-corrected chi connectivity index (χ1v) is 9.38. The summed E-state index contributed by atoms with van der Waals surface area (Å²) in [6.45, 7) is 3.28. The van der Waals surface area contributed by atoms with Gasteiger partial charge in [0.2, 0.25) is 5.95 Å². The Kier molecular flexibility index (Phi) is 3.50. The minimum absolute atomic E-state index is 0.00907. The molecule has 0 spiro atoms. The summed E-state index contributed by atoms with van der Waals surface area (Å²) >= 11 is 0. The van der Waals surface area contributed by atoms with Crippen LogP contribution >= 0.6 is 0 Å². The van der Waals surface area contributed by atoms with Gasteiger partial charge in [0.05, 0.1) is 17.8 Å². The number of hydrogen-bond acceptors (Lipinski definition) is 5. The van der Waals surface area contributed by atoms with Gasteiger partial charge < -0.3 is 15.3 Å². The quantitative estimate of drug-likeness (QED) is 0.858. The summed E-state index contributed by atoms with van der Waals surface area (Å²) in [7, 11) is 0. The first kappa shape index (κ1) is 15.8. The zero-order chi connectivity index (χ0) is 17.8. The third-order valence-corrected chi connectivity index (χ3v) is 5.91. The number of aryl methyl sites for hydroxylation is 1. The number of carbonyl (C=O) groups excluding carboxylic acids is 1. The Morgan fingerprint density at radius 1 is 1.23 bits per heavy atom. The molecule has 134 valence electrons. The number of anilines is 1. The molecule has 2 aliphatic heterocycles. The van der Waals surface area contributed by atoms with Gasteiger partial charge in [-0.1, -0.05) is 6.07 Å². The molecule has 1 aromatic heterocycles. The molecule has 3 heterocycles. The van der Waals surface area contributed by atoms with E-state index in [1.54, 1.807) is 0 Å². The average molecular weight is 350 g/mol. The van der Waals surface area contributed by atoms with E-state index in [1.807, 2.05) is 19.1 Å². The highest BCUT2D eigenvalue weighted by Crippen LogP contribution is 2.35. The Morgan fingerprint density at radius 2 is 2.12 bits per heavy atom. The summed E-state index contributed by atoms with van der Waals surface area (Å²) in [5, 5.41) is 12.7. The SMILES string of the molecule is C[C@H]1[C@H](O)CN1c1nc2c(c(-c3ccc4c(c3)CCNC4=O)n1)CCC2. The molecule has 0 unspecified atom stereocenters. The van der Waals surface area contributed by atoms with Crippen molar-refractivity contribution in [2.75, 3.05) is 18.0 Å². The number of β-amino-alcohol motifs (C(OH)–C–C–N with tert-alkyl or cyclic N) is 1. The van der Waals surface area contributed by atoms with E-state index >= 15 is 0 Å². The van der Waals surface area contributed by atoms with Crippen LogP contribution in [0.2, 0.25) is 0 Å². The van der Waals surface area contributed by atoms with Gasteiger partial charge in [-0.3, -0.25) is 4.79 Å². The minimum Gasteiger partial charge on any atom is -0.389 e. The van der Waals surface area contributed by atoms with Gasteiger partial charge in [-0.15, -0.1) is 0 Å². The fourth-order valence-corrected chi connectivity index (χ4v) is 4.22. The van der Waals surface area contributed by atoms with Crippen LogP contribution in [0.1, 0.15) is 40.5 Å². The number of nitrogens with zero attached hydrogens (tertiary/aromatic N) is 3. The van der Waals surface area contributed by atoms with Crippen LogP contribution in [0.25, 0.3) is 11.3 Å². The highest BCUT2D eigenvalue weighted by atomic mass is 16.3. The Morgan fingerprint density at radius 3 is 2.92 bits per heavy atom. The fourth-order valence-electron chi connectivity index (χ4n) is 4.22. The van der Waals surface area contributed by atoms with Crippen molar-refractivity contribution < 1.29 is 9.90 Å². The standard InChI is InChI=1S/C20H22N4O2/c1-11-17(25)10-24(11)20-22-16-4-2-3-15(16)18(23-20)13-5-6-14-12(9-13)7-8-21-19(14)26/h5-6,9,11,17,25H,2-4,7-8,10H2,1H3,(H,21,26)/t11-,17+/m0/s1. The smallest absolute Gasteiger partial charge is 0.251 e. The molecule has 1 aliphatic carbocycles. The van der Waals surface area contributed by atoms with Crippen LogP contribution < -0.4 is 10.2 Å². The van der Waals surface area contributed by atoms with Crippen molar-refractivity contribution in [3.05, 3.63) is 40.6 Å². The number of aromatic nitrogens is 2. The van der Waals surface area contributed by atoms with Crippen molar-refractivity contribution in [3.8, 4) is 11.3 Å². The van der Waals surface area contributed by atoms with Crippen molar-refractivity contribution in [2.45, 2.75) is 44.8 Å². The number of carbonyl (C=O) groups is 1. The number of aliphatic hydroxyl groups excluding tert-OH is 1. The summed E-state index contributed by atoms with van der Waals surface area (Å²) in [6, 6.07) is 6.09. The zero-order valence-electron chi connectivity index (χ0n) is 14.8. The van der Waals surface area contributed by atoms with Crippen LogP contribution in [-0.2, 0) is 19.3 Å². The Labute approximate surface area is 152 Å². The van der Waals surface area contributed by atoms with Crippen LogP contribution in [0.5, 0.6) is 0 Å². The summed E-state index contributed by atoms with van der Waals surface area (Å²) < 4.78 is 0. The van der Waals surface area contributed by atoms with Gasteiger partial charge in [0, 0.05) is 35.5 Å². The fraction of sp³-hybridized carbons (Fsp3) is 0.450. The van der Waals surface area contributed by atoms with Gasteiger partial charge >= 0.3 is 0 Å². The molecule has 0 bridgehead atoms. The molecular formula is C20H22N4O2. The molecule has 1 saturated heterocycles. The number of amides is 1. The third-order valence-electron chi connectivity index (χ3n) is 5.91. The van der Waals surface area contributed by atoms with E-state index < -0.39 is 0 Å². The molecular weight excluding hydrogens is 328 g/mol. The van der Waals surface area contributed by atoms with Gasteiger partial charge in [0.1, 0.15) is 0 Å². The number of benzene rings is 1. The van der Waals surface area contributed by atoms with Crippen molar-refractivity contribution >= 4 is 11.9 Å². The molecule has 0 radical (unpaired) electrons. The Hall–Kier alpha value is -2.47. The summed E-state index contributed by atoms with van der Waals surface area (Å²) in [5.74, 6) is 0.726. The maximum Gasteiger partial charge on any atom is 0.251 e. The van der Waals surface area contributed by atoms with Gasteiger partial charge in [-0.05, 0) is 50.3 Å². The van der Waals surface area contributed by atoms with E-state index in [9.17, 15) is 9.90 Å². The van der Waals surface area contributed by atoms with E-state index in [0.29, 0.717) is 19.0 Å². The van der Waals surface area contributed by atoms with Crippen LogP contribution in [0.15, 0.2) is 18.2 Å². The number of hydrogen-bond donors (Lipinski definition) is 2. The lowest BCUT2D eigenvalue weighted by atomic mass is 9.95. The first-order valence-electron chi connectivity index (χ1n) is 9.38. The van der Waals surface area contributed by atoms with Crippen molar-refractivity contribution in [3.63, 3.8) is 0 Å². The van der Waals surface area contributed by atoms with Crippen molar-refractivity contribution in [1.82, 2.24) is 15.3 Å². The van der Waals surface area contributed by atoms with Crippen LogP contribution in [-0.4, -0.2) is 46.2 Å². The number of fused-ring (bicyclic) bond motifs is 2. The lowest BCUT2D eigenvalue weighted by Gasteiger charge is -2.43. The van der Waals surface area contributed by atoms with Crippen LogP contribution in [0, 0.1) is 0 Å². The molecule has 3 aliphatic rings. The minimum atomic E-state index is -0.308. The second kappa shape index (κ2) is 5.77. The van der Waals surface area contributed by atoms with E-state index in [4.69, 9.17) is 9.97 Å². The lowest BCUT2D eigenvalue weighted by molar-refractivity contribution is 0.0945. The normalized spacial score (nSPS) is 23.9. The van der Waals surface area contributed by atoms with E-state index in [2.05, 4.69) is 16.3 Å². The molecule has 1 amide bonds. The molecule has 2 N–H and O–H groups in total. The van der Waals surface area contributed by atoms with Crippen molar-refractivity contribution in [1.29, 1.82) is 0 Å². The second-order valence-corrected chi connectivity index (χ2v) is 7.49. The Balaban J connectivity index is 1.60. The van der Waals surface area contributed by atoms with Gasteiger partial charge in [-0.2, -0.15) is 0 Å². The molecule has 1 aromatic carbocycles. The van der Waals surface area contributed by atoms with Crippen LogP contribution in [0.3, 0.4) is 0 Å².